The fourth-order valence-electron chi connectivity index (χ4n) is 3.07. The van der Waals surface area contributed by atoms with E-state index < -0.39 is 0 Å². The molecule has 32 heavy (non-hydrogen) atoms. The molecule has 1 amide bonds. The predicted molar refractivity (Wildman–Crippen MR) is 124 cm³/mol. The number of hydrogen-bond acceptors (Lipinski definition) is 5. The van der Waals surface area contributed by atoms with Crippen molar-refractivity contribution in [1.29, 1.82) is 0 Å². The van der Waals surface area contributed by atoms with E-state index in [0.717, 1.165) is 11.1 Å². The maximum atomic E-state index is 12.7. The lowest BCUT2D eigenvalue weighted by Gasteiger charge is -2.09. The van der Waals surface area contributed by atoms with Gasteiger partial charge >= 0.3 is 0 Å². The van der Waals surface area contributed by atoms with Crippen LogP contribution in [0, 0.1) is 13.8 Å². The van der Waals surface area contributed by atoms with Gasteiger partial charge in [0.1, 0.15) is 23.3 Å². The summed E-state index contributed by atoms with van der Waals surface area (Å²) < 4.78 is 16.8. The molecule has 0 radical (unpaired) electrons. The average molecular weight is 450 g/mol. The van der Waals surface area contributed by atoms with Crippen molar-refractivity contribution in [1.82, 2.24) is 0 Å². The van der Waals surface area contributed by atoms with Gasteiger partial charge in [-0.1, -0.05) is 29.8 Å². The predicted octanol–water partition coefficient (Wildman–Crippen LogP) is 5.87. The fourth-order valence-corrected chi connectivity index (χ4v) is 3.25. The van der Waals surface area contributed by atoms with Gasteiger partial charge in [0, 0.05) is 16.8 Å². The number of carbonyl (C=O) groups excluding carboxylic acids is 1. The molecule has 4 aromatic rings. The fraction of sp³-hybridized carbons (Fsp3) is 0.120. The minimum Gasteiger partial charge on any atom is -0.484 e. The summed E-state index contributed by atoms with van der Waals surface area (Å²) in [7, 11) is 0. The Balaban J connectivity index is 1.44. The van der Waals surface area contributed by atoms with E-state index in [4.69, 9.17) is 25.5 Å². The summed E-state index contributed by atoms with van der Waals surface area (Å²) in [6.45, 7) is 3.61. The van der Waals surface area contributed by atoms with Crippen LogP contribution in [0.4, 0.5) is 5.69 Å². The lowest BCUT2D eigenvalue weighted by Crippen LogP contribution is -2.20. The number of hydrogen-bond donors (Lipinski definition) is 1. The molecule has 4 rings (SSSR count). The summed E-state index contributed by atoms with van der Waals surface area (Å²) in [6.07, 6.45) is 1.27. The Labute approximate surface area is 189 Å². The van der Waals surface area contributed by atoms with E-state index in [1.54, 1.807) is 36.4 Å². The third kappa shape index (κ3) is 4.92. The Bertz CT molecular complexity index is 1360. The van der Waals surface area contributed by atoms with Gasteiger partial charge in [-0.15, -0.1) is 0 Å². The van der Waals surface area contributed by atoms with Crippen LogP contribution < -0.4 is 20.2 Å². The SMILES string of the molecule is Cc1cccc(Oc2coc3cc(OCC(=O)Nc4ccc(C)c(Cl)c4)ccc3c2=O)c1. The Hall–Kier alpha value is -3.77. The number of nitrogens with one attached hydrogen (secondary N) is 1. The van der Waals surface area contributed by atoms with Gasteiger partial charge in [0.2, 0.25) is 11.2 Å². The third-order valence-electron chi connectivity index (χ3n) is 4.76. The molecule has 0 saturated heterocycles. The molecule has 0 aliphatic heterocycles. The molecule has 0 atom stereocenters. The van der Waals surface area contributed by atoms with Crippen molar-refractivity contribution in [3.63, 3.8) is 0 Å². The number of carbonyl (C=O) groups is 1. The van der Waals surface area contributed by atoms with Crippen LogP contribution in [0.1, 0.15) is 11.1 Å². The van der Waals surface area contributed by atoms with E-state index in [1.165, 1.54) is 6.26 Å². The van der Waals surface area contributed by atoms with E-state index in [0.29, 0.717) is 33.2 Å². The molecule has 6 nitrogen and oxygen atoms in total. The molecular weight excluding hydrogens is 430 g/mol. The molecule has 0 spiro atoms. The first-order chi connectivity index (χ1) is 15.4. The highest BCUT2D eigenvalue weighted by Crippen LogP contribution is 2.25. The Morgan fingerprint density at radius 1 is 1.03 bits per heavy atom. The highest BCUT2D eigenvalue weighted by molar-refractivity contribution is 6.31. The Morgan fingerprint density at radius 2 is 1.88 bits per heavy atom. The van der Waals surface area contributed by atoms with Crippen LogP contribution in [0.25, 0.3) is 11.0 Å². The summed E-state index contributed by atoms with van der Waals surface area (Å²) in [6, 6.07) is 17.4. The van der Waals surface area contributed by atoms with Crippen LogP contribution >= 0.6 is 11.6 Å². The average Bonchev–Trinajstić information content (AvgIpc) is 2.77. The highest BCUT2D eigenvalue weighted by Gasteiger charge is 2.11. The first-order valence-corrected chi connectivity index (χ1v) is 10.3. The quantitative estimate of drug-likeness (QED) is 0.398. The zero-order valence-electron chi connectivity index (χ0n) is 17.5. The highest BCUT2D eigenvalue weighted by atomic mass is 35.5. The van der Waals surface area contributed by atoms with Crippen LogP contribution in [0.15, 0.2) is 76.1 Å². The number of benzene rings is 3. The monoisotopic (exact) mass is 449 g/mol. The van der Waals surface area contributed by atoms with Gasteiger partial charge in [0.05, 0.1) is 5.39 Å². The number of ether oxygens (including phenoxy) is 2. The first-order valence-electron chi connectivity index (χ1n) is 9.88. The topological polar surface area (TPSA) is 77.8 Å². The molecule has 1 aromatic heterocycles. The maximum Gasteiger partial charge on any atom is 0.262 e. The van der Waals surface area contributed by atoms with Crippen molar-refractivity contribution in [2.45, 2.75) is 13.8 Å². The standard InChI is InChI=1S/C25H20ClNO5/c1-15-4-3-5-19(10-15)32-23-13-31-22-12-18(8-9-20(22)25(23)29)30-14-24(28)27-17-7-6-16(2)21(26)11-17/h3-13H,14H2,1-2H3,(H,27,28). The summed E-state index contributed by atoms with van der Waals surface area (Å²) in [4.78, 5) is 24.9. The first kappa shape index (κ1) is 21.5. The van der Waals surface area contributed by atoms with E-state index in [1.807, 2.05) is 38.1 Å². The molecule has 1 heterocycles. The Morgan fingerprint density at radius 3 is 2.66 bits per heavy atom. The lowest BCUT2D eigenvalue weighted by atomic mass is 10.2. The molecular formula is C25H20ClNO5. The molecule has 162 valence electrons. The molecule has 1 N–H and O–H groups in total. The van der Waals surface area contributed by atoms with Gasteiger partial charge in [-0.25, -0.2) is 0 Å². The summed E-state index contributed by atoms with van der Waals surface area (Å²) in [5.74, 6) is 0.698. The number of amides is 1. The van der Waals surface area contributed by atoms with Crippen LogP contribution in [-0.2, 0) is 4.79 Å². The second-order valence-corrected chi connectivity index (χ2v) is 7.71. The molecule has 3 aromatic carbocycles. The minimum absolute atomic E-state index is 0.0907. The van der Waals surface area contributed by atoms with Crippen molar-refractivity contribution < 1.29 is 18.7 Å². The second kappa shape index (κ2) is 9.16. The molecule has 0 bridgehead atoms. The molecule has 7 heteroatoms. The second-order valence-electron chi connectivity index (χ2n) is 7.31. The summed E-state index contributed by atoms with van der Waals surface area (Å²) in [5.41, 5.74) is 2.55. The van der Waals surface area contributed by atoms with Crippen LogP contribution in [0.3, 0.4) is 0 Å². The van der Waals surface area contributed by atoms with Crippen molar-refractivity contribution in [3.05, 3.63) is 93.3 Å². The minimum atomic E-state index is -0.339. The van der Waals surface area contributed by atoms with E-state index in [9.17, 15) is 9.59 Å². The van der Waals surface area contributed by atoms with Gasteiger partial charge < -0.3 is 19.2 Å². The largest absolute Gasteiger partial charge is 0.484 e. The van der Waals surface area contributed by atoms with Gasteiger partial charge in [0.15, 0.2) is 6.61 Å². The van der Waals surface area contributed by atoms with Crippen LogP contribution in [0.5, 0.6) is 17.2 Å². The molecule has 0 unspecified atom stereocenters. The Kier molecular flexibility index (Phi) is 6.14. The van der Waals surface area contributed by atoms with Crippen LogP contribution in [-0.4, -0.2) is 12.5 Å². The molecule has 0 fully saturated rings. The lowest BCUT2D eigenvalue weighted by molar-refractivity contribution is -0.118. The summed E-state index contributed by atoms with van der Waals surface area (Å²) in [5, 5.41) is 3.64. The van der Waals surface area contributed by atoms with E-state index >= 15 is 0 Å². The van der Waals surface area contributed by atoms with Crippen molar-refractivity contribution in [3.8, 4) is 17.2 Å². The van der Waals surface area contributed by atoms with Crippen LogP contribution in [0.2, 0.25) is 5.02 Å². The zero-order valence-corrected chi connectivity index (χ0v) is 18.2. The number of aryl methyl sites for hydroxylation is 2. The van der Waals surface area contributed by atoms with E-state index in [2.05, 4.69) is 5.32 Å². The molecule has 0 aliphatic carbocycles. The normalized spacial score (nSPS) is 10.7. The molecule has 0 saturated carbocycles. The van der Waals surface area contributed by atoms with Gasteiger partial charge in [-0.2, -0.15) is 0 Å². The van der Waals surface area contributed by atoms with Gasteiger partial charge in [-0.3, -0.25) is 9.59 Å². The third-order valence-corrected chi connectivity index (χ3v) is 5.16. The number of halogens is 1. The van der Waals surface area contributed by atoms with Crippen molar-refractivity contribution in [2.24, 2.45) is 0 Å². The zero-order chi connectivity index (χ0) is 22.7. The number of fused-ring (bicyclic) bond motifs is 1. The molecule has 0 aliphatic rings. The number of rotatable bonds is 6. The number of anilines is 1. The maximum absolute atomic E-state index is 12.7. The van der Waals surface area contributed by atoms with Crippen molar-refractivity contribution in [2.75, 3.05) is 11.9 Å². The smallest absolute Gasteiger partial charge is 0.262 e. The van der Waals surface area contributed by atoms with Crippen molar-refractivity contribution >= 4 is 34.2 Å². The summed E-state index contributed by atoms with van der Waals surface area (Å²) >= 11 is 6.07. The van der Waals surface area contributed by atoms with Gasteiger partial charge in [0.25, 0.3) is 5.91 Å². The van der Waals surface area contributed by atoms with Gasteiger partial charge in [-0.05, 0) is 61.4 Å². The van der Waals surface area contributed by atoms with E-state index in [-0.39, 0.29) is 23.7 Å².